The Labute approximate surface area is 96.8 Å². The van der Waals surface area contributed by atoms with Crippen LogP contribution in [-0.4, -0.2) is 0 Å². The first-order chi connectivity index (χ1) is 7.18. The van der Waals surface area contributed by atoms with Crippen LogP contribution in [0.25, 0.3) is 0 Å². The maximum absolute atomic E-state index is 2.37. The summed E-state index contributed by atoms with van der Waals surface area (Å²) in [7, 11) is 0. The average Bonchev–Trinajstić information content (AvgIpc) is 2.19. The second kappa shape index (κ2) is 7.30. The smallest absolute Gasteiger partial charge is 0.0440 e. The molecule has 2 rings (SSSR count). The van der Waals surface area contributed by atoms with E-state index < -0.39 is 0 Å². The van der Waals surface area contributed by atoms with Gasteiger partial charge in [-0.05, 0) is 24.2 Å². The quantitative estimate of drug-likeness (QED) is 0.501. The summed E-state index contributed by atoms with van der Waals surface area (Å²) in [5.74, 6) is 3.06. The highest BCUT2D eigenvalue weighted by Gasteiger charge is 2.13. The Kier molecular flexibility index (Phi) is 6.36. The fraction of sp³-hybridized carbons (Fsp3) is 1.00. The van der Waals surface area contributed by atoms with Crippen LogP contribution >= 0.6 is 0 Å². The molecule has 2 aliphatic rings. The van der Waals surface area contributed by atoms with Gasteiger partial charge >= 0.3 is 0 Å². The van der Waals surface area contributed by atoms with Gasteiger partial charge in [0.05, 0.1) is 0 Å². The van der Waals surface area contributed by atoms with Gasteiger partial charge in [-0.2, -0.15) is 0 Å². The Morgan fingerprint density at radius 2 is 1.00 bits per heavy atom. The topological polar surface area (TPSA) is 0 Å². The van der Waals surface area contributed by atoms with Crippen LogP contribution in [0.3, 0.4) is 0 Å². The molecule has 90 valence electrons. The summed E-state index contributed by atoms with van der Waals surface area (Å²) in [5, 5.41) is 0. The van der Waals surface area contributed by atoms with E-state index in [0.29, 0.717) is 0 Å². The van der Waals surface area contributed by atoms with E-state index in [-0.39, 0.29) is 0 Å². The largest absolute Gasteiger partial charge is 0.0625 e. The standard InChI is InChI=1S/C8H16.C7H14/c1-7-4-3-5-8(2)6-7;1-7-5-3-2-4-6-7/h7-8H,3-6H2,1-2H3;7H,2-6H2,1H3. The molecule has 0 heteroatoms. The summed E-state index contributed by atoms with van der Waals surface area (Å²) in [5.41, 5.74) is 0. The zero-order valence-electron chi connectivity index (χ0n) is 11.1. The van der Waals surface area contributed by atoms with Gasteiger partial charge in [-0.15, -0.1) is 0 Å². The molecule has 0 nitrogen and oxygen atoms in total. The van der Waals surface area contributed by atoms with E-state index in [1.807, 2.05) is 0 Å². The van der Waals surface area contributed by atoms with Gasteiger partial charge in [0.15, 0.2) is 0 Å². The van der Waals surface area contributed by atoms with Crippen molar-refractivity contribution in [1.82, 2.24) is 0 Å². The highest BCUT2D eigenvalue weighted by Crippen LogP contribution is 2.27. The van der Waals surface area contributed by atoms with Crippen LogP contribution in [0, 0.1) is 17.8 Å². The molecule has 0 radical (unpaired) electrons. The predicted octanol–water partition coefficient (Wildman–Crippen LogP) is 5.42. The lowest BCUT2D eigenvalue weighted by atomic mass is 9.84. The minimum absolute atomic E-state index is 1.01. The van der Waals surface area contributed by atoms with E-state index in [1.165, 1.54) is 57.8 Å². The van der Waals surface area contributed by atoms with E-state index in [0.717, 1.165) is 17.8 Å². The fourth-order valence-corrected chi connectivity index (χ4v) is 3.04. The molecule has 0 aliphatic heterocycles. The van der Waals surface area contributed by atoms with Gasteiger partial charge in [0.2, 0.25) is 0 Å². The minimum Gasteiger partial charge on any atom is -0.0625 e. The van der Waals surface area contributed by atoms with Crippen LogP contribution in [-0.2, 0) is 0 Å². The van der Waals surface area contributed by atoms with Crippen LogP contribution in [0.1, 0.15) is 78.6 Å². The molecule has 0 bridgehead atoms. The molecule has 0 N–H and O–H groups in total. The molecule has 0 saturated heterocycles. The van der Waals surface area contributed by atoms with Crippen LogP contribution < -0.4 is 0 Å². The van der Waals surface area contributed by atoms with E-state index in [4.69, 9.17) is 0 Å². The Bertz CT molecular complexity index is 136. The molecule has 0 heterocycles. The summed E-state index contributed by atoms with van der Waals surface area (Å²) in [6, 6.07) is 0. The SMILES string of the molecule is CC1CCCC(C)C1.CC1CCCCC1. The van der Waals surface area contributed by atoms with Crippen molar-refractivity contribution in [3.8, 4) is 0 Å². The average molecular weight is 210 g/mol. The highest BCUT2D eigenvalue weighted by atomic mass is 14.2. The van der Waals surface area contributed by atoms with E-state index in [9.17, 15) is 0 Å². The van der Waals surface area contributed by atoms with E-state index in [1.54, 1.807) is 0 Å². The summed E-state index contributed by atoms with van der Waals surface area (Å²) < 4.78 is 0. The van der Waals surface area contributed by atoms with Crippen molar-refractivity contribution in [3.05, 3.63) is 0 Å². The van der Waals surface area contributed by atoms with Crippen molar-refractivity contribution >= 4 is 0 Å². The Balaban J connectivity index is 0.000000151. The summed E-state index contributed by atoms with van der Waals surface area (Å²) in [6.07, 6.45) is 13.3. The Morgan fingerprint density at radius 3 is 1.27 bits per heavy atom. The molecule has 0 spiro atoms. The van der Waals surface area contributed by atoms with Crippen LogP contribution in [0.4, 0.5) is 0 Å². The summed E-state index contributed by atoms with van der Waals surface area (Å²) in [6.45, 7) is 7.10. The molecule has 2 aliphatic carbocycles. The van der Waals surface area contributed by atoms with E-state index >= 15 is 0 Å². The van der Waals surface area contributed by atoms with E-state index in [2.05, 4.69) is 20.8 Å². The minimum atomic E-state index is 1.01. The second-order valence-electron chi connectivity index (χ2n) is 6.12. The summed E-state index contributed by atoms with van der Waals surface area (Å²) in [4.78, 5) is 0. The van der Waals surface area contributed by atoms with Crippen molar-refractivity contribution in [2.45, 2.75) is 78.6 Å². The monoisotopic (exact) mass is 210 g/mol. The third-order valence-corrected chi connectivity index (χ3v) is 4.09. The zero-order valence-corrected chi connectivity index (χ0v) is 11.1. The first-order valence-corrected chi connectivity index (χ1v) is 7.18. The lowest BCUT2D eigenvalue weighted by Crippen LogP contribution is -2.09. The van der Waals surface area contributed by atoms with Gasteiger partial charge in [-0.1, -0.05) is 72.1 Å². The van der Waals surface area contributed by atoms with Crippen LogP contribution in [0.15, 0.2) is 0 Å². The first kappa shape index (κ1) is 13.1. The Hall–Kier alpha value is 0. The van der Waals surface area contributed by atoms with Crippen molar-refractivity contribution < 1.29 is 0 Å². The lowest BCUT2D eigenvalue weighted by molar-refractivity contribution is 0.301. The van der Waals surface area contributed by atoms with Crippen molar-refractivity contribution in [2.24, 2.45) is 17.8 Å². The third-order valence-electron chi connectivity index (χ3n) is 4.09. The maximum atomic E-state index is 2.37. The van der Waals surface area contributed by atoms with Crippen molar-refractivity contribution in [2.75, 3.05) is 0 Å². The third kappa shape index (κ3) is 6.22. The van der Waals surface area contributed by atoms with Gasteiger partial charge in [-0.3, -0.25) is 0 Å². The van der Waals surface area contributed by atoms with Crippen LogP contribution in [0.2, 0.25) is 0 Å². The molecule has 2 unspecified atom stereocenters. The fourth-order valence-electron chi connectivity index (χ4n) is 3.04. The molecule has 0 aromatic rings. The number of hydrogen-bond acceptors (Lipinski definition) is 0. The van der Waals surface area contributed by atoms with Gasteiger partial charge < -0.3 is 0 Å². The molecule has 0 amide bonds. The van der Waals surface area contributed by atoms with Gasteiger partial charge in [0.1, 0.15) is 0 Å². The molecular weight excluding hydrogens is 180 g/mol. The number of hydrogen-bond donors (Lipinski definition) is 0. The van der Waals surface area contributed by atoms with Crippen molar-refractivity contribution in [3.63, 3.8) is 0 Å². The molecule has 2 saturated carbocycles. The van der Waals surface area contributed by atoms with Crippen LogP contribution in [0.5, 0.6) is 0 Å². The molecule has 15 heavy (non-hydrogen) atoms. The van der Waals surface area contributed by atoms with Gasteiger partial charge in [0.25, 0.3) is 0 Å². The lowest BCUT2D eigenvalue weighted by Gasteiger charge is -2.22. The molecule has 0 aromatic heterocycles. The normalized spacial score (nSPS) is 33.0. The molecule has 0 aromatic carbocycles. The van der Waals surface area contributed by atoms with Gasteiger partial charge in [-0.25, -0.2) is 0 Å². The Morgan fingerprint density at radius 1 is 0.533 bits per heavy atom. The summed E-state index contributed by atoms with van der Waals surface area (Å²) >= 11 is 0. The highest BCUT2D eigenvalue weighted by molar-refractivity contribution is 4.66. The number of rotatable bonds is 0. The predicted molar refractivity (Wildman–Crippen MR) is 69.0 cm³/mol. The first-order valence-electron chi connectivity index (χ1n) is 7.18. The van der Waals surface area contributed by atoms with Crippen molar-refractivity contribution in [1.29, 1.82) is 0 Å². The second-order valence-corrected chi connectivity index (χ2v) is 6.12. The zero-order chi connectivity index (χ0) is 11.1. The van der Waals surface area contributed by atoms with Gasteiger partial charge in [0, 0.05) is 0 Å². The molecule has 2 atom stereocenters. The molecular formula is C15H30. The molecule has 2 fully saturated rings. The maximum Gasteiger partial charge on any atom is -0.0440 e.